The molecule has 1 aromatic rings. The highest BCUT2D eigenvalue weighted by Crippen LogP contribution is 2.16. The van der Waals surface area contributed by atoms with Crippen molar-refractivity contribution in [1.29, 1.82) is 0 Å². The molecule has 0 spiro atoms. The van der Waals surface area contributed by atoms with Crippen molar-refractivity contribution in [2.45, 2.75) is 26.7 Å². The quantitative estimate of drug-likeness (QED) is 0.867. The first kappa shape index (κ1) is 13.1. The summed E-state index contributed by atoms with van der Waals surface area (Å²) in [6.45, 7) is 9.73. The van der Waals surface area contributed by atoms with Crippen LogP contribution in [0.2, 0.25) is 0 Å². The summed E-state index contributed by atoms with van der Waals surface area (Å²) in [5.41, 5.74) is 6.84. The van der Waals surface area contributed by atoms with Crippen LogP contribution in [-0.2, 0) is 6.42 Å². The number of nitrogen functional groups attached to an aromatic ring is 1. The van der Waals surface area contributed by atoms with Crippen LogP contribution >= 0.6 is 0 Å². The van der Waals surface area contributed by atoms with E-state index >= 15 is 0 Å². The topological polar surface area (TPSA) is 58.3 Å². The van der Waals surface area contributed by atoms with Gasteiger partial charge in [0.15, 0.2) is 0 Å². The molecule has 0 saturated carbocycles. The molecule has 1 aliphatic rings. The van der Waals surface area contributed by atoms with Gasteiger partial charge in [-0.1, -0.05) is 20.3 Å². The Bertz CT molecular complexity index is 385. The van der Waals surface area contributed by atoms with Crippen LogP contribution in [0.25, 0.3) is 0 Å². The molecule has 0 aliphatic carbocycles. The lowest BCUT2D eigenvalue weighted by Crippen LogP contribution is -2.46. The number of likely N-dealkylation sites (N-methyl/N-ethyl adjacent to an activating group) is 1. The van der Waals surface area contributed by atoms with E-state index in [9.17, 15) is 0 Å². The minimum Gasteiger partial charge on any atom is -0.368 e. The number of anilines is 2. The number of aryl methyl sites for hydroxylation is 1. The zero-order valence-corrected chi connectivity index (χ0v) is 11.4. The van der Waals surface area contributed by atoms with Crippen molar-refractivity contribution in [3.8, 4) is 0 Å². The SMILES string of the molecule is CCCc1cc(N2CCN(CC)CC2)nc(N)n1. The van der Waals surface area contributed by atoms with E-state index < -0.39 is 0 Å². The van der Waals surface area contributed by atoms with Gasteiger partial charge in [0.2, 0.25) is 5.95 Å². The number of piperazine rings is 1. The Hall–Kier alpha value is -1.36. The van der Waals surface area contributed by atoms with Crippen molar-refractivity contribution in [2.75, 3.05) is 43.4 Å². The Labute approximate surface area is 109 Å². The number of hydrogen-bond acceptors (Lipinski definition) is 5. The molecule has 5 nitrogen and oxygen atoms in total. The summed E-state index contributed by atoms with van der Waals surface area (Å²) in [5, 5.41) is 0. The maximum Gasteiger partial charge on any atom is 0.222 e. The van der Waals surface area contributed by atoms with Gasteiger partial charge in [0, 0.05) is 37.9 Å². The van der Waals surface area contributed by atoms with Crippen LogP contribution in [0.3, 0.4) is 0 Å². The third-order valence-electron chi connectivity index (χ3n) is 3.43. The van der Waals surface area contributed by atoms with E-state index in [0.717, 1.165) is 57.1 Å². The second-order valence-corrected chi connectivity index (χ2v) is 4.75. The molecule has 0 unspecified atom stereocenters. The maximum absolute atomic E-state index is 5.79. The van der Waals surface area contributed by atoms with Gasteiger partial charge in [-0.2, -0.15) is 4.98 Å². The van der Waals surface area contributed by atoms with Crippen molar-refractivity contribution in [1.82, 2.24) is 14.9 Å². The van der Waals surface area contributed by atoms with E-state index in [2.05, 4.69) is 39.7 Å². The lowest BCUT2D eigenvalue weighted by Gasteiger charge is -2.34. The number of hydrogen-bond donors (Lipinski definition) is 1. The molecule has 1 saturated heterocycles. The van der Waals surface area contributed by atoms with Gasteiger partial charge in [0.1, 0.15) is 5.82 Å². The number of rotatable bonds is 4. The Morgan fingerprint density at radius 1 is 1.17 bits per heavy atom. The molecular formula is C13H23N5. The Kier molecular flexibility index (Phi) is 4.36. The summed E-state index contributed by atoms with van der Waals surface area (Å²) in [6.07, 6.45) is 2.05. The zero-order chi connectivity index (χ0) is 13.0. The summed E-state index contributed by atoms with van der Waals surface area (Å²) >= 11 is 0. The van der Waals surface area contributed by atoms with E-state index in [1.807, 2.05) is 0 Å². The fourth-order valence-corrected chi connectivity index (χ4v) is 2.34. The Balaban J connectivity index is 2.08. The van der Waals surface area contributed by atoms with Gasteiger partial charge in [-0.3, -0.25) is 0 Å². The van der Waals surface area contributed by atoms with Gasteiger partial charge >= 0.3 is 0 Å². The number of nitrogens with zero attached hydrogens (tertiary/aromatic N) is 4. The molecule has 0 bridgehead atoms. The largest absolute Gasteiger partial charge is 0.368 e. The molecule has 1 aliphatic heterocycles. The van der Waals surface area contributed by atoms with Crippen LogP contribution in [0, 0.1) is 0 Å². The second-order valence-electron chi connectivity index (χ2n) is 4.75. The smallest absolute Gasteiger partial charge is 0.222 e. The molecule has 0 radical (unpaired) electrons. The fourth-order valence-electron chi connectivity index (χ4n) is 2.34. The lowest BCUT2D eigenvalue weighted by molar-refractivity contribution is 0.270. The molecule has 0 amide bonds. The summed E-state index contributed by atoms with van der Waals surface area (Å²) in [6, 6.07) is 2.08. The van der Waals surface area contributed by atoms with Crippen molar-refractivity contribution in [3.05, 3.63) is 11.8 Å². The van der Waals surface area contributed by atoms with Crippen LogP contribution in [0.1, 0.15) is 26.0 Å². The second kappa shape index (κ2) is 6.00. The third-order valence-corrected chi connectivity index (χ3v) is 3.43. The first-order chi connectivity index (χ1) is 8.72. The maximum atomic E-state index is 5.79. The van der Waals surface area contributed by atoms with E-state index in [1.54, 1.807) is 0 Å². The first-order valence-electron chi connectivity index (χ1n) is 6.83. The molecule has 100 valence electrons. The van der Waals surface area contributed by atoms with Crippen LogP contribution < -0.4 is 10.6 Å². The van der Waals surface area contributed by atoms with Crippen LogP contribution in [0.15, 0.2) is 6.07 Å². The van der Waals surface area contributed by atoms with Gasteiger partial charge in [-0.05, 0) is 13.0 Å². The minimum absolute atomic E-state index is 0.397. The standard InChI is InChI=1S/C13H23N5/c1-3-5-11-10-12(16-13(14)15-11)18-8-6-17(4-2)7-9-18/h10H,3-9H2,1-2H3,(H2,14,15,16). The molecule has 2 rings (SSSR count). The summed E-state index contributed by atoms with van der Waals surface area (Å²) in [7, 11) is 0. The van der Waals surface area contributed by atoms with Gasteiger partial charge in [0.05, 0.1) is 0 Å². The monoisotopic (exact) mass is 249 g/mol. The molecule has 18 heavy (non-hydrogen) atoms. The highest BCUT2D eigenvalue weighted by Gasteiger charge is 2.17. The number of aromatic nitrogens is 2. The highest BCUT2D eigenvalue weighted by molar-refractivity contribution is 5.44. The van der Waals surface area contributed by atoms with Crippen LogP contribution in [0.5, 0.6) is 0 Å². The summed E-state index contributed by atoms with van der Waals surface area (Å²) in [5.74, 6) is 1.38. The van der Waals surface area contributed by atoms with Crippen LogP contribution in [-0.4, -0.2) is 47.6 Å². The lowest BCUT2D eigenvalue weighted by atomic mass is 10.2. The predicted molar refractivity (Wildman–Crippen MR) is 74.8 cm³/mol. The van der Waals surface area contributed by atoms with Crippen molar-refractivity contribution in [3.63, 3.8) is 0 Å². The Morgan fingerprint density at radius 3 is 2.50 bits per heavy atom. The van der Waals surface area contributed by atoms with E-state index in [-0.39, 0.29) is 0 Å². The molecule has 0 atom stereocenters. The van der Waals surface area contributed by atoms with E-state index in [1.165, 1.54) is 0 Å². The van der Waals surface area contributed by atoms with Gasteiger partial charge in [0.25, 0.3) is 0 Å². The highest BCUT2D eigenvalue weighted by atomic mass is 15.3. The van der Waals surface area contributed by atoms with Gasteiger partial charge < -0.3 is 15.5 Å². The number of nitrogens with two attached hydrogens (primary N) is 1. The molecule has 2 N–H and O–H groups in total. The van der Waals surface area contributed by atoms with Crippen molar-refractivity contribution in [2.24, 2.45) is 0 Å². The average Bonchev–Trinajstić information content (AvgIpc) is 2.38. The molecule has 2 heterocycles. The molecule has 1 aromatic heterocycles. The fraction of sp³-hybridized carbons (Fsp3) is 0.692. The van der Waals surface area contributed by atoms with E-state index in [4.69, 9.17) is 5.73 Å². The third kappa shape index (κ3) is 3.10. The van der Waals surface area contributed by atoms with Gasteiger partial charge in [-0.15, -0.1) is 0 Å². The van der Waals surface area contributed by atoms with Gasteiger partial charge in [-0.25, -0.2) is 4.98 Å². The summed E-state index contributed by atoms with van der Waals surface area (Å²) in [4.78, 5) is 13.4. The van der Waals surface area contributed by atoms with Crippen molar-refractivity contribution >= 4 is 11.8 Å². The molecule has 5 heteroatoms. The molecule has 0 aromatic carbocycles. The normalized spacial score (nSPS) is 17.1. The summed E-state index contributed by atoms with van der Waals surface area (Å²) < 4.78 is 0. The molecule has 1 fully saturated rings. The van der Waals surface area contributed by atoms with Crippen LogP contribution in [0.4, 0.5) is 11.8 Å². The Morgan fingerprint density at radius 2 is 1.89 bits per heavy atom. The van der Waals surface area contributed by atoms with Crippen molar-refractivity contribution < 1.29 is 0 Å². The minimum atomic E-state index is 0.397. The predicted octanol–water partition coefficient (Wildman–Crippen LogP) is 1.15. The molecular weight excluding hydrogens is 226 g/mol. The zero-order valence-electron chi connectivity index (χ0n) is 11.4. The first-order valence-corrected chi connectivity index (χ1v) is 6.83. The average molecular weight is 249 g/mol. The van der Waals surface area contributed by atoms with E-state index in [0.29, 0.717) is 5.95 Å².